The average Bonchev–Trinajstić information content (AvgIpc) is 2.89. The number of para-hydroxylation sites is 1. The van der Waals surface area contributed by atoms with Crippen LogP contribution in [0.2, 0.25) is 0 Å². The van der Waals surface area contributed by atoms with Crippen LogP contribution in [0.4, 0.5) is 20.2 Å². The van der Waals surface area contributed by atoms with Gasteiger partial charge in [0, 0.05) is 11.1 Å². The summed E-state index contributed by atoms with van der Waals surface area (Å²) < 4.78 is 28.5. The smallest absolute Gasteiger partial charge is 0.387 e. The summed E-state index contributed by atoms with van der Waals surface area (Å²) in [5.74, 6) is -0.0712. The molecule has 0 radical (unpaired) electrons. The zero-order valence-corrected chi connectivity index (χ0v) is 13.4. The predicted octanol–water partition coefficient (Wildman–Crippen LogP) is 4.96. The molecule has 0 bridgehead atoms. The predicted molar refractivity (Wildman–Crippen MR) is 93.8 cm³/mol. The van der Waals surface area contributed by atoms with Gasteiger partial charge in [-0.05, 0) is 42.5 Å². The molecule has 3 rings (SSSR count). The molecule has 1 heterocycles. The molecule has 2 aromatic carbocycles. The van der Waals surface area contributed by atoms with Gasteiger partial charge in [-0.3, -0.25) is 0 Å². The van der Waals surface area contributed by atoms with Crippen molar-refractivity contribution in [3.8, 4) is 11.6 Å². The molecule has 0 aliphatic heterocycles. The van der Waals surface area contributed by atoms with Crippen LogP contribution in [-0.4, -0.2) is 21.8 Å². The van der Waals surface area contributed by atoms with Crippen molar-refractivity contribution in [3.63, 3.8) is 0 Å². The summed E-state index contributed by atoms with van der Waals surface area (Å²) in [5.41, 5.74) is 1.54. The quantitative estimate of drug-likeness (QED) is 0.453. The SMILES string of the molecule is Oc1[nH]c2ccccc2c1N=NC(=S)Nc1ccc(OC(F)F)cc1. The van der Waals surface area contributed by atoms with Crippen LogP contribution in [0.3, 0.4) is 0 Å². The van der Waals surface area contributed by atoms with Crippen molar-refractivity contribution in [2.45, 2.75) is 6.61 Å². The highest BCUT2D eigenvalue weighted by atomic mass is 32.1. The first-order valence-corrected chi connectivity index (χ1v) is 7.51. The van der Waals surface area contributed by atoms with Crippen molar-refractivity contribution >= 4 is 39.6 Å². The Balaban J connectivity index is 1.69. The molecule has 0 aliphatic rings. The van der Waals surface area contributed by atoms with E-state index >= 15 is 0 Å². The van der Waals surface area contributed by atoms with E-state index in [9.17, 15) is 13.9 Å². The molecule has 6 nitrogen and oxygen atoms in total. The number of aromatic hydroxyl groups is 1. The third-order valence-electron chi connectivity index (χ3n) is 3.23. The first kappa shape index (κ1) is 16.8. The standard InChI is InChI=1S/C16H12F2N4O2S/c17-15(18)24-10-7-5-9(6-8-10)19-16(25)22-21-13-11-3-1-2-4-12(11)20-14(13)23/h1-8,15,20,23H,(H,19,25). The molecular weight excluding hydrogens is 350 g/mol. The van der Waals surface area contributed by atoms with Crippen molar-refractivity contribution in [1.82, 2.24) is 4.98 Å². The van der Waals surface area contributed by atoms with Gasteiger partial charge in [0.25, 0.3) is 0 Å². The number of nitrogens with one attached hydrogen (secondary N) is 2. The fourth-order valence-corrected chi connectivity index (χ4v) is 2.34. The number of ether oxygens (including phenoxy) is 1. The zero-order chi connectivity index (χ0) is 17.8. The van der Waals surface area contributed by atoms with Crippen LogP contribution in [0.25, 0.3) is 10.9 Å². The average molecular weight is 362 g/mol. The Morgan fingerprint density at radius 2 is 1.88 bits per heavy atom. The van der Waals surface area contributed by atoms with Gasteiger partial charge in [-0.25, -0.2) is 0 Å². The fourth-order valence-electron chi connectivity index (χ4n) is 2.18. The number of H-pyrrole nitrogens is 1. The lowest BCUT2D eigenvalue weighted by Crippen LogP contribution is -2.05. The van der Waals surface area contributed by atoms with Gasteiger partial charge in [-0.15, -0.1) is 10.2 Å². The molecule has 1 aromatic heterocycles. The lowest BCUT2D eigenvalue weighted by Gasteiger charge is -2.06. The number of anilines is 1. The second-order valence-electron chi connectivity index (χ2n) is 4.90. The Morgan fingerprint density at radius 1 is 1.16 bits per heavy atom. The molecule has 25 heavy (non-hydrogen) atoms. The summed E-state index contributed by atoms with van der Waals surface area (Å²) in [6, 6.07) is 13.0. The van der Waals surface area contributed by atoms with Crippen molar-refractivity contribution in [1.29, 1.82) is 0 Å². The van der Waals surface area contributed by atoms with Crippen molar-refractivity contribution in [2.75, 3.05) is 5.32 Å². The number of thiocarbonyl (C=S) groups is 1. The third-order valence-corrected chi connectivity index (χ3v) is 3.41. The van der Waals surface area contributed by atoms with Crippen molar-refractivity contribution < 1.29 is 18.6 Å². The first-order chi connectivity index (χ1) is 12.0. The Kier molecular flexibility index (Phi) is 4.85. The molecule has 0 fully saturated rings. The minimum absolute atomic E-state index is 0.0387. The van der Waals surface area contributed by atoms with E-state index in [0.717, 1.165) is 5.52 Å². The molecule has 0 saturated heterocycles. The van der Waals surface area contributed by atoms with E-state index in [0.29, 0.717) is 11.1 Å². The van der Waals surface area contributed by atoms with E-state index < -0.39 is 6.61 Å². The Bertz CT molecular complexity index is 926. The van der Waals surface area contributed by atoms with Crippen LogP contribution in [0.15, 0.2) is 58.8 Å². The van der Waals surface area contributed by atoms with Crippen LogP contribution in [0, 0.1) is 0 Å². The summed E-state index contributed by atoms with van der Waals surface area (Å²) in [6.07, 6.45) is 0. The molecule has 9 heteroatoms. The molecule has 128 valence electrons. The lowest BCUT2D eigenvalue weighted by atomic mass is 10.2. The highest BCUT2D eigenvalue weighted by Crippen LogP contribution is 2.35. The molecule has 0 spiro atoms. The van der Waals surface area contributed by atoms with E-state index in [1.807, 2.05) is 12.1 Å². The molecule has 3 aromatic rings. The van der Waals surface area contributed by atoms with Crippen molar-refractivity contribution in [2.24, 2.45) is 10.2 Å². The number of hydrogen-bond donors (Lipinski definition) is 3. The van der Waals surface area contributed by atoms with E-state index in [1.54, 1.807) is 12.1 Å². The number of benzene rings is 2. The molecule has 0 atom stereocenters. The fraction of sp³-hybridized carbons (Fsp3) is 0.0625. The number of aromatic amines is 1. The minimum Gasteiger partial charge on any atom is -0.493 e. The summed E-state index contributed by atoms with van der Waals surface area (Å²) in [5, 5.41) is 21.3. The van der Waals surface area contributed by atoms with Gasteiger partial charge in [0.1, 0.15) is 5.75 Å². The maximum Gasteiger partial charge on any atom is 0.387 e. The van der Waals surface area contributed by atoms with Gasteiger partial charge in [0.05, 0.1) is 5.52 Å². The highest BCUT2D eigenvalue weighted by molar-refractivity contribution is 7.80. The monoisotopic (exact) mass is 362 g/mol. The number of aromatic nitrogens is 1. The summed E-state index contributed by atoms with van der Waals surface area (Å²) >= 11 is 5.06. The van der Waals surface area contributed by atoms with E-state index in [4.69, 9.17) is 12.2 Å². The number of halogens is 2. The van der Waals surface area contributed by atoms with Crippen LogP contribution in [0.1, 0.15) is 0 Å². The van der Waals surface area contributed by atoms with E-state index in [1.165, 1.54) is 24.3 Å². The minimum atomic E-state index is -2.88. The van der Waals surface area contributed by atoms with Gasteiger partial charge < -0.3 is 20.1 Å². The van der Waals surface area contributed by atoms with Crippen LogP contribution >= 0.6 is 12.2 Å². The molecule has 3 N–H and O–H groups in total. The Morgan fingerprint density at radius 3 is 2.60 bits per heavy atom. The number of rotatable bonds is 4. The summed E-state index contributed by atoms with van der Waals surface area (Å²) in [4.78, 5) is 2.79. The number of hydrogen-bond acceptors (Lipinski definition) is 4. The first-order valence-electron chi connectivity index (χ1n) is 7.10. The number of alkyl halides is 2. The molecular formula is C16H12F2N4O2S. The van der Waals surface area contributed by atoms with Crippen LogP contribution in [0.5, 0.6) is 11.6 Å². The van der Waals surface area contributed by atoms with E-state index in [2.05, 4.69) is 25.3 Å². The number of fused-ring (bicyclic) bond motifs is 1. The molecule has 0 saturated carbocycles. The number of azo groups is 1. The van der Waals surface area contributed by atoms with Gasteiger partial charge in [-0.2, -0.15) is 8.78 Å². The summed E-state index contributed by atoms with van der Waals surface area (Å²) in [7, 11) is 0. The van der Waals surface area contributed by atoms with Gasteiger partial charge in [0.2, 0.25) is 11.0 Å². The largest absolute Gasteiger partial charge is 0.493 e. The Hall–Kier alpha value is -3.07. The van der Waals surface area contributed by atoms with Gasteiger partial charge >= 0.3 is 6.61 Å². The topological polar surface area (TPSA) is 82.0 Å². The maximum absolute atomic E-state index is 12.1. The van der Waals surface area contributed by atoms with Crippen molar-refractivity contribution in [3.05, 3.63) is 48.5 Å². The van der Waals surface area contributed by atoms with E-state index in [-0.39, 0.29) is 22.4 Å². The second kappa shape index (κ2) is 7.22. The van der Waals surface area contributed by atoms with Crippen LogP contribution in [-0.2, 0) is 0 Å². The molecule has 0 aliphatic carbocycles. The highest BCUT2D eigenvalue weighted by Gasteiger charge is 2.09. The lowest BCUT2D eigenvalue weighted by molar-refractivity contribution is -0.0498. The van der Waals surface area contributed by atoms with Crippen LogP contribution < -0.4 is 10.1 Å². The maximum atomic E-state index is 12.1. The molecule has 0 amide bonds. The summed E-state index contributed by atoms with van der Waals surface area (Å²) in [6.45, 7) is -2.88. The van der Waals surface area contributed by atoms with Gasteiger partial charge in [0.15, 0.2) is 5.69 Å². The molecule has 0 unspecified atom stereocenters. The Labute approximate surface area is 146 Å². The third kappa shape index (κ3) is 4.07. The van der Waals surface area contributed by atoms with Gasteiger partial charge in [-0.1, -0.05) is 18.2 Å². The normalized spacial score (nSPS) is 11.3. The second-order valence-corrected chi connectivity index (χ2v) is 5.29. The number of nitrogens with zero attached hydrogens (tertiary/aromatic N) is 2. The zero-order valence-electron chi connectivity index (χ0n) is 12.6.